The molecule has 160 valence electrons. The van der Waals surface area contributed by atoms with Gasteiger partial charge in [0, 0.05) is 23.9 Å². The summed E-state index contributed by atoms with van der Waals surface area (Å²) < 4.78 is 5.14. The lowest BCUT2D eigenvalue weighted by Crippen LogP contribution is -1.87. The van der Waals surface area contributed by atoms with Gasteiger partial charge in [0.05, 0.1) is 22.6 Å². The highest BCUT2D eigenvalue weighted by Crippen LogP contribution is 2.40. The molecule has 4 rings (SSSR count). The summed E-state index contributed by atoms with van der Waals surface area (Å²) in [4.78, 5) is 20.7. The second-order valence-electron chi connectivity index (χ2n) is 7.03. The summed E-state index contributed by atoms with van der Waals surface area (Å²) >= 11 is 1.40. The third-order valence-electron chi connectivity index (χ3n) is 4.81. The lowest BCUT2D eigenvalue weighted by molar-refractivity contribution is -0.384. The van der Waals surface area contributed by atoms with Crippen LogP contribution in [0.5, 0.6) is 11.5 Å². The highest BCUT2D eigenvalue weighted by Gasteiger charge is 2.16. The Bertz CT molecular complexity index is 1300. The summed E-state index contributed by atoms with van der Waals surface area (Å²) in [6.07, 6.45) is 1.65. The van der Waals surface area contributed by atoms with Gasteiger partial charge in [-0.15, -0.1) is 0 Å². The molecule has 0 spiro atoms. The van der Waals surface area contributed by atoms with Crippen molar-refractivity contribution >= 4 is 28.4 Å². The SMILES string of the molecule is COc1cc(C=Nc2nc(-c3ccc(C)cc3)c(-c3ccc([N+](=O)[O-])cc3)s2)ccc1O. The van der Waals surface area contributed by atoms with Crippen LogP contribution >= 0.6 is 11.3 Å². The molecule has 32 heavy (non-hydrogen) atoms. The molecule has 1 N–H and O–H groups in total. The summed E-state index contributed by atoms with van der Waals surface area (Å²) in [5.74, 6) is 0.418. The normalized spacial score (nSPS) is 11.1. The molecule has 4 aromatic rings. The average Bonchev–Trinajstić information content (AvgIpc) is 3.23. The van der Waals surface area contributed by atoms with E-state index in [-0.39, 0.29) is 11.4 Å². The zero-order valence-electron chi connectivity index (χ0n) is 17.4. The predicted octanol–water partition coefficient (Wildman–Crippen LogP) is 6.16. The molecule has 7 nitrogen and oxygen atoms in total. The van der Waals surface area contributed by atoms with Gasteiger partial charge < -0.3 is 9.84 Å². The molecular weight excluding hydrogens is 426 g/mol. The molecule has 0 radical (unpaired) electrons. The number of phenolic OH excluding ortho intramolecular Hbond substituents is 1. The van der Waals surface area contributed by atoms with Gasteiger partial charge in [-0.25, -0.2) is 9.98 Å². The first-order valence-corrected chi connectivity index (χ1v) is 10.5. The maximum absolute atomic E-state index is 11.0. The van der Waals surface area contributed by atoms with Crippen molar-refractivity contribution in [3.63, 3.8) is 0 Å². The highest BCUT2D eigenvalue weighted by atomic mass is 32.1. The Morgan fingerprint density at radius 3 is 2.41 bits per heavy atom. The summed E-state index contributed by atoms with van der Waals surface area (Å²) in [5.41, 5.74) is 4.46. The van der Waals surface area contributed by atoms with Gasteiger partial charge in [-0.3, -0.25) is 10.1 Å². The van der Waals surface area contributed by atoms with Crippen molar-refractivity contribution in [3.8, 4) is 33.2 Å². The predicted molar refractivity (Wildman–Crippen MR) is 126 cm³/mol. The Labute approximate surface area is 188 Å². The van der Waals surface area contributed by atoms with Crippen molar-refractivity contribution in [3.05, 3.63) is 88.0 Å². The second-order valence-corrected chi connectivity index (χ2v) is 8.01. The van der Waals surface area contributed by atoms with Gasteiger partial charge in [-0.1, -0.05) is 41.2 Å². The van der Waals surface area contributed by atoms with Gasteiger partial charge >= 0.3 is 0 Å². The summed E-state index contributed by atoms with van der Waals surface area (Å²) in [6.45, 7) is 2.02. The number of nitro benzene ring substituents is 1. The Morgan fingerprint density at radius 1 is 1.06 bits per heavy atom. The minimum absolute atomic E-state index is 0.0367. The molecule has 0 fully saturated rings. The topological polar surface area (TPSA) is 97.9 Å². The number of thiazole rings is 1. The molecule has 0 amide bonds. The molecule has 1 heterocycles. The van der Waals surface area contributed by atoms with E-state index in [0.29, 0.717) is 10.9 Å². The van der Waals surface area contributed by atoms with Crippen LogP contribution in [0.4, 0.5) is 10.8 Å². The van der Waals surface area contributed by atoms with Gasteiger partial charge in [-0.2, -0.15) is 0 Å². The number of aliphatic imine (C=N–C) groups is 1. The van der Waals surface area contributed by atoms with E-state index in [9.17, 15) is 15.2 Å². The van der Waals surface area contributed by atoms with Crippen LogP contribution in [0.3, 0.4) is 0 Å². The van der Waals surface area contributed by atoms with Crippen LogP contribution in [-0.4, -0.2) is 28.3 Å². The van der Waals surface area contributed by atoms with E-state index in [1.807, 2.05) is 31.2 Å². The average molecular weight is 446 g/mol. The Hall–Kier alpha value is -4.04. The largest absolute Gasteiger partial charge is 0.504 e. The molecule has 0 aliphatic heterocycles. The van der Waals surface area contributed by atoms with Crippen molar-refractivity contribution < 1.29 is 14.8 Å². The minimum Gasteiger partial charge on any atom is -0.504 e. The molecule has 0 atom stereocenters. The van der Waals surface area contributed by atoms with Crippen molar-refractivity contribution in [2.24, 2.45) is 4.99 Å². The van der Waals surface area contributed by atoms with Gasteiger partial charge in [0.25, 0.3) is 5.69 Å². The number of hydrogen-bond acceptors (Lipinski definition) is 7. The number of rotatable bonds is 6. The van der Waals surface area contributed by atoms with Crippen LogP contribution < -0.4 is 4.74 Å². The lowest BCUT2D eigenvalue weighted by Gasteiger charge is -2.03. The number of aromatic nitrogens is 1. The number of hydrogen-bond donors (Lipinski definition) is 1. The number of non-ortho nitro benzene ring substituents is 1. The fraction of sp³-hybridized carbons (Fsp3) is 0.0833. The number of aromatic hydroxyl groups is 1. The number of methoxy groups -OCH3 is 1. The van der Waals surface area contributed by atoms with E-state index in [2.05, 4.69) is 4.99 Å². The van der Waals surface area contributed by atoms with Crippen LogP contribution in [0.1, 0.15) is 11.1 Å². The van der Waals surface area contributed by atoms with Crippen LogP contribution in [0.2, 0.25) is 0 Å². The van der Waals surface area contributed by atoms with Crippen molar-refractivity contribution in [1.82, 2.24) is 4.98 Å². The highest BCUT2D eigenvalue weighted by molar-refractivity contribution is 7.19. The van der Waals surface area contributed by atoms with Gasteiger partial charge in [0.1, 0.15) is 0 Å². The first-order valence-electron chi connectivity index (χ1n) is 9.68. The number of phenols is 1. The zero-order valence-corrected chi connectivity index (χ0v) is 18.2. The Balaban J connectivity index is 1.75. The molecule has 0 unspecified atom stereocenters. The summed E-state index contributed by atoms with van der Waals surface area (Å²) in [5, 5.41) is 21.3. The maximum atomic E-state index is 11.0. The molecule has 1 aromatic heterocycles. The quantitative estimate of drug-likeness (QED) is 0.218. The van der Waals surface area contributed by atoms with E-state index in [1.165, 1.54) is 30.6 Å². The second kappa shape index (κ2) is 8.99. The van der Waals surface area contributed by atoms with Crippen LogP contribution in [0, 0.1) is 17.0 Å². The monoisotopic (exact) mass is 445 g/mol. The molecule has 0 saturated carbocycles. The standard InChI is InChI=1S/C24H19N3O4S/c1-15-3-6-17(7-4-15)22-23(18-8-10-19(11-9-18)27(29)30)32-24(26-22)25-14-16-5-12-20(28)21(13-16)31-2/h3-14,28H,1-2H3. The first kappa shape index (κ1) is 21.2. The summed E-state index contributed by atoms with van der Waals surface area (Å²) in [7, 11) is 1.49. The van der Waals surface area contributed by atoms with E-state index >= 15 is 0 Å². The molecule has 3 aromatic carbocycles. The number of nitro groups is 1. The Kier molecular flexibility index (Phi) is 5.96. The van der Waals surface area contributed by atoms with Crippen molar-refractivity contribution in [2.45, 2.75) is 6.92 Å². The maximum Gasteiger partial charge on any atom is 0.269 e. The molecule has 0 aliphatic carbocycles. The molecule has 0 bridgehead atoms. The van der Waals surface area contributed by atoms with Gasteiger partial charge in [0.2, 0.25) is 5.13 Å². The number of nitrogens with zero attached hydrogens (tertiary/aromatic N) is 3. The van der Waals surface area contributed by atoms with E-state index in [0.717, 1.165) is 32.8 Å². The van der Waals surface area contributed by atoms with Crippen molar-refractivity contribution in [1.29, 1.82) is 0 Å². The van der Waals surface area contributed by atoms with E-state index < -0.39 is 4.92 Å². The molecule has 8 heteroatoms. The fourth-order valence-corrected chi connectivity index (χ4v) is 4.04. The van der Waals surface area contributed by atoms with E-state index in [4.69, 9.17) is 9.72 Å². The molecule has 0 saturated heterocycles. The lowest BCUT2D eigenvalue weighted by atomic mass is 10.1. The van der Waals surface area contributed by atoms with Crippen molar-refractivity contribution in [2.75, 3.05) is 7.11 Å². The van der Waals surface area contributed by atoms with Crippen LogP contribution in [-0.2, 0) is 0 Å². The summed E-state index contributed by atoms with van der Waals surface area (Å²) in [6, 6.07) is 19.4. The number of benzene rings is 3. The third-order valence-corrected chi connectivity index (χ3v) is 5.82. The fourth-order valence-electron chi connectivity index (χ4n) is 3.11. The Morgan fingerprint density at radius 2 is 1.75 bits per heavy atom. The molecular formula is C24H19N3O4S. The number of aryl methyl sites for hydroxylation is 1. The number of ether oxygens (including phenoxy) is 1. The smallest absolute Gasteiger partial charge is 0.269 e. The van der Waals surface area contributed by atoms with Crippen LogP contribution in [0.15, 0.2) is 71.7 Å². The third kappa shape index (κ3) is 4.50. The van der Waals surface area contributed by atoms with Gasteiger partial charge in [-0.05, 0) is 48.4 Å². The van der Waals surface area contributed by atoms with Gasteiger partial charge in [0.15, 0.2) is 11.5 Å². The van der Waals surface area contributed by atoms with Crippen LogP contribution in [0.25, 0.3) is 21.7 Å². The minimum atomic E-state index is -0.418. The van der Waals surface area contributed by atoms with E-state index in [1.54, 1.807) is 36.5 Å². The first-order chi connectivity index (χ1) is 15.4. The zero-order chi connectivity index (χ0) is 22.7. The molecule has 0 aliphatic rings.